The number of nitrogens with zero attached hydrogens (tertiary/aromatic N) is 1. The molecule has 0 spiro atoms. The van der Waals surface area contributed by atoms with Gasteiger partial charge in [0.25, 0.3) is 5.91 Å². The number of carboxylic acid groups (broad SMARTS) is 1. The number of nitrogen functional groups attached to an aromatic ring is 1. The van der Waals surface area contributed by atoms with Crippen molar-refractivity contribution in [2.45, 2.75) is 52.0 Å². The first-order valence-electron chi connectivity index (χ1n) is 7.96. The Hall–Kier alpha value is -2.04. The Kier molecular flexibility index (Phi) is 5.06. The SMILES string of the molecule is CCCC(CCC)N1CCc2c(C(=O)O)cc(N)cc2C1=O. The van der Waals surface area contributed by atoms with Gasteiger partial charge >= 0.3 is 5.97 Å². The third kappa shape index (κ3) is 3.08. The van der Waals surface area contributed by atoms with Crippen LogP contribution in [-0.4, -0.2) is 34.5 Å². The zero-order chi connectivity index (χ0) is 16.3. The lowest BCUT2D eigenvalue weighted by Gasteiger charge is -2.36. The van der Waals surface area contributed by atoms with Gasteiger partial charge in [-0.1, -0.05) is 26.7 Å². The molecule has 22 heavy (non-hydrogen) atoms. The summed E-state index contributed by atoms with van der Waals surface area (Å²) >= 11 is 0. The summed E-state index contributed by atoms with van der Waals surface area (Å²) in [5, 5.41) is 9.31. The van der Waals surface area contributed by atoms with Crippen molar-refractivity contribution in [3.05, 3.63) is 28.8 Å². The Morgan fingerprint density at radius 3 is 2.50 bits per heavy atom. The molecule has 5 nitrogen and oxygen atoms in total. The Balaban J connectivity index is 2.39. The molecule has 0 atom stereocenters. The van der Waals surface area contributed by atoms with Crippen LogP contribution in [0.5, 0.6) is 0 Å². The number of aromatic carboxylic acids is 1. The van der Waals surface area contributed by atoms with Gasteiger partial charge in [-0.3, -0.25) is 4.79 Å². The average Bonchev–Trinajstić information content (AvgIpc) is 2.47. The van der Waals surface area contributed by atoms with Crippen LogP contribution in [0, 0.1) is 0 Å². The van der Waals surface area contributed by atoms with Crippen LogP contribution >= 0.6 is 0 Å². The Morgan fingerprint density at radius 1 is 1.32 bits per heavy atom. The number of hydrogen-bond acceptors (Lipinski definition) is 3. The molecule has 0 aromatic heterocycles. The fourth-order valence-electron chi connectivity index (χ4n) is 3.30. The highest BCUT2D eigenvalue weighted by Crippen LogP contribution is 2.28. The summed E-state index contributed by atoms with van der Waals surface area (Å²) in [5.74, 6) is -1.11. The molecular formula is C17H24N2O3. The van der Waals surface area contributed by atoms with Gasteiger partial charge in [-0.25, -0.2) is 4.79 Å². The minimum atomic E-state index is -1.02. The van der Waals surface area contributed by atoms with Gasteiger partial charge in [0.2, 0.25) is 0 Å². The molecule has 0 radical (unpaired) electrons. The molecule has 0 saturated heterocycles. The second-order valence-corrected chi connectivity index (χ2v) is 5.88. The van der Waals surface area contributed by atoms with E-state index in [1.54, 1.807) is 6.07 Å². The quantitative estimate of drug-likeness (QED) is 0.791. The van der Waals surface area contributed by atoms with Crippen LogP contribution in [0.15, 0.2) is 12.1 Å². The number of fused-ring (bicyclic) bond motifs is 1. The number of carbonyl (C=O) groups excluding carboxylic acids is 1. The molecule has 3 N–H and O–H groups in total. The van der Waals surface area contributed by atoms with Crippen molar-refractivity contribution in [1.29, 1.82) is 0 Å². The minimum absolute atomic E-state index is 0.0806. The Morgan fingerprint density at radius 2 is 1.95 bits per heavy atom. The van der Waals surface area contributed by atoms with Gasteiger partial charge in [0.1, 0.15) is 0 Å². The van der Waals surface area contributed by atoms with Gasteiger partial charge in [0, 0.05) is 23.8 Å². The second-order valence-electron chi connectivity index (χ2n) is 5.88. The van der Waals surface area contributed by atoms with Crippen molar-refractivity contribution < 1.29 is 14.7 Å². The van der Waals surface area contributed by atoms with Gasteiger partial charge in [-0.15, -0.1) is 0 Å². The maximum Gasteiger partial charge on any atom is 0.336 e. The predicted molar refractivity (Wildman–Crippen MR) is 86.2 cm³/mol. The van der Waals surface area contributed by atoms with Crippen LogP contribution in [0.2, 0.25) is 0 Å². The van der Waals surface area contributed by atoms with E-state index in [-0.39, 0.29) is 17.5 Å². The van der Waals surface area contributed by atoms with Crippen molar-refractivity contribution in [3.63, 3.8) is 0 Å². The monoisotopic (exact) mass is 304 g/mol. The smallest absolute Gasteiger partial charge is 0.336 e. The molecule has 1 aromatic carbocycles. The lowest BCUT2D eigenvalue weighted by Crippen LogP contribution is -2.45. The molecule has 2 rings (SSSR count). The molecule has 0 fully saturated rings. The maximum absolute atomic E-state index is 12.8. The number of rotatable bonds is 6. The molecule has 1 amide bonds. The number of nitrogens with two attached hydrogens (primary N) is 1. The van der Waals surface area contributed by atoms with Crippen LogP contribution in [0.1, 0.15) is 65.8 Å². The van der Waals surface area contributed by atoms with E-state index in [9.17, 15) is 14.7 Å². The number of anilines is 1. The molecule has 1 aliphatic heterocycles. The van der Waals surface area contributed by atoms with Crippen molar-refractivity contribution >= 4 is 17.6 Å². The molecule has 0 unspecified atom stereocenters. The highest BCUT2D eigenvalue weighted by molar-refractivity contribution is 6.02. The van der Waals surface area contributed by atoms with Gasteiger partial charge in [-0.2, -0.15) is 0 Å². The number of carboxylic acids is 1. The first-order valence-corrected chi connectivity index (χ1v) is 7.96. The molecule has 5 heteroatoms. The van der Waals surface area contributed by atoms with Crippen LogP contribution in [0.4, 0.5) is 5.69 Å². The fourth-order valence-corrected chi connectivity index (χ4v) is 3.30. The lowest BCUT2D eigenvalue weighted by molar-refractivity contribution is 0.0635. The molecule has 1 aliphatic rings. The third-order valence-corrected chi connectivity index (χ3v) is 4.28. The summed E-state index contributed by atoms with van der Waals surface area (Å²) in [6.07, 6.45) is 4.58. The highest BCUT2D eigenvalue weighted by atomic mass is 16.4. The summed E-state index contributed by atoms with van der Waals surface area (Å²) in [7, 11) is 0. The molecule has 0 aliphatic carbocycles. The number of amides is 1. The van der Waals surface area contributed by atoms with Crippen LogP contribution in [-0.2, 0) is 6.42 Å². The van der Waals surface area contributed by atoms with E-state index < -0.39 is 5.97 Å². The Bertz CT molecular complexity index is 578. The van der Waals surface area contributed by atoms with E-state index in [1.807, 2.05) is 4.90 Å². The highest BCUT2D eigenvalue weighted by Gasteiger charge is 2.31. The number of benzene rings is 1. The van der Waals surface area contributed by atoms with Crippen LogP contribution in [0.25, 0.3) is 0 Å². The molecule has 1 aromatic rings. The standard InChI is InChI=1S/C17H24N2O3/c1-3-5-12(6-4-2)19-8-7-13-14(16(19)20)9-11(18)10-15(13)17(21)22/h9-10,12H,3-8,18H2,1-2H3,(H,21,22). The first kappa shape index (κ1) is 16.3. The van der Waals surface area contributed by atoms with E-state index in [2.05, 4.69) is 13.8 Å². The summed E-state index contributed by atoms with van der Waals surface area (Å²) in [4.78, 5) is 26.1. The zero-order valence-corrected chi connectivity index (χ0v) is 13.3. The largest absolute Gasteiger partial charge is 0.478 e. The van der Waals surface area contributed by atoms with Crippen molar-refractivity contribution in [1.82, 2.24) is 4.90 Å². The minimum Gasteiger partial charge on any atom is -0.478 e. The molecule has 120 valence electrons. The van der Waals surface area contributed by atoms with E-state index in [1.165, 1.54) is 6.07 Å². The second kappa shape index (κ2) is 6.81. The summed E-state index contributed by atoms with van der Waals surface area (Å²) in [6.45, 7) is 4.82. The topological polar surface area (TPSA) is 83.6 Å². The van der Waals surface area contributed by atoms with Gasteiger partial charge in [0.15, 0.2) is 0 Å². The zero-order valence-electron chi connectivity index (χ0n) is 13.3. The Labute approximate surface area is 131 Å². The average molecular weight is 304 g/mol. The first-order chi connectivity index (χ1) is 10.5. The summed E-state index contributed by atoms with van der Waals surface area (Å²) in [6, 6.07) is 3.29. The number of hydrogen-bond donors (Lipinski definition) is 2. The predicted octanol–water partition coefficient (Wildman–Crippen LogP) is 2.93. The normalized spacial score (nSPS) is 14.3. The van der Waals surface area contributed by atoms with Gasteiger partial charge in [0.05, 0.1) is 5.56 Å². The van der Waals surface area contributed by atoms with Crippen molar-refractivity contribution in [2.24, 2.45) is 0 Å². The van der Waals surface area contributed by atoms with Crippen molar-refractivity contribution in [3.8, 4) is 0 Å². The fraction of sp³-hybridized carbons (Fsp3) is 0.529. The van der Waals surface area contributed by atoms with E-state index in [4.69, 9.17) is 5.73 Å². The third-order valence-electron chi connectivity index (χ3n) is 4.28. The number of carbonyl (C=O) groups is 2. The summed E-state index contributed by atoms with van der Waals surface area (Å²) in [5.41, 5.74) is 7.35. The van der Waals surface area contributed by atoms with E-state index >= 15 is 0 Å². The molecular weight excluding hydrogens is 280 g/mol. The summed E-state index contributed by atoms with van der Waals surface area (Å²) < 4.78 is 0. The van der Waals surface area contributed by atoms with Crippen LogP contribution < -0.4 is 5.73 Å². The van der Waals surface area contributed by atoms with E-state index in [0.29, 0.717) is 29.8 Å². The van der Waals surface area contributed by atoms with Crippen LogP contribution in [0.3, 0.4) is 0 Å². The maximum atomic E-state index is 12.8. The molecule has 0 bridgehead atoms. The van der Waals surface area contributed by atoms with Crippen molar-refractivity contribution in [2.75, 3.05) is 12.3 Å². The molecule has 1 heterocycles. The van der Waals surface area contributed by atoms with Gasteiger partial charge < -0.3 is 15.7 Å². The van der Waals surface area contributed by atoms with E-state index in [0.717, 1.165) is 25.7 Å². The molecule has 0 saturated carbocycles. The van der Waals surface area contributed by atoms with Gasteiger partial charge in [-0.05, 0) is 37.0 Å². The lowest BCUT2D eigenvalue weighted by atomic mass is 9.91.